The number of thiol groups is 2. The monoisotopic (exact) mass is 311 g/mol. The van der Waals surface area contributed by atoms with Gasteiger partial charge in [0.2, 0.25) is 0 Å². The lowest BCUT2D eigenvalue weighted by Crippen LogP contribution is -2.41. The quantitative estimate of drug-likeness (QED) is 0.749. The standard InChI is InChI=1S/C13H17N3O2S2/c1-7-4-9-10(14-8(7)2)15-12(18)16(11(9)17)5-13(3,20)6-19/h4,19-20H,5-6H2,1-3H3,(H,14,15,18)/t13-/m1/s1. The van der Waals surface area contributed by atoms with E-state index in [9.17, 15) is 9.59 Å². The third kappa shape index (κ3) is 2.78. The summed E-state index contributed by atoms with van der Waals surface area (Å²) in [5.74, 6) is 0.450. The molecule has 0 aliphatic rings. The van der Waals surface area contributed by atoms with Crippen LogP contribution in [0.3, 0.4) is 0 Å². The number of hydrogen-bond acceptors (Lipinski definition) is 5. The molecule has 2 aromatic heterocycles. The molecule has 0 aliphatic carbocycles. The Balaban J connectivity index is 2.72. The van der Waals surface area contributed by atoms with Gasteiger partial charge in [-0.05, 0) is 32.4 Å². The molecule has 0 bridgehead atoms. The number of fused-ring (bicyclic) bond motifs is 1. The van der Waals surface area contributed by atoms with Gasteiger partial charge >= 0.3 is 5.69 Å². The van der Waals surface area contributed by atoms with E-state index in [0.717, 1.165) is 15.8 Å². The second kappa shape index (κ2) is 5.29. The highest BCUT2D eigenvalue weighted by Crippen LogP contribution is 2.17. The molecule has 2 rings (SSSR count). The van der Waals surface area contributed by atoms with E-state index in [1.54, 1.807) is 6.07 Å². The highest BCUT2D eigenvalue weighted by Gasteiger charge is 2.21. The van der Waals surface area contributed by atoms with Crippen molar-refractivity contribution in [2.45, 2.75) is 32.1 Å². The number of hydrogen-bond donors (Lipinski definition) is 3. The number of rotatable bonds is 3. The summed E-state index contributed by atoms with van der Waals surface area (Å²) >= 11 is 8.61. The molecule has 5 nitrogen and oxygen atoms in total. The topological polar surface area (TPSA) is 67.8 Å². The molecular formula is C13H17N3O2S2. The number of pyridine rings is 1. The third-order valence-electron chi connectivity index (χ3n) is 3.25. The lowest BCUT2D eigenvalue weighted by molar-refractivity contribution is 0.543. The van der Waals surface area contributed by atoms with Crippen molar-refractivity contribution < 1.29 is 0 Å². The molecule has 0 aliphatic heterocycles. The van der Waals surface area contributed by atoms with E-state index < -0.39 is 10.4 Å². The van der Waals surface area contributed by atoms with Crippen LogP contribution >= 0.6 is 25.3 Å². The number of nitrogens with zero attached hydrogens (tertiary/aromatic N) is 2. The maximum atomic E-state index is 12.5. The SMILES string of the molecule is Cc1cc2c(=O)n(C[C@@](C)(S)CS)c(=O)[nH]c2nc1C. The van der Waals surface area contributed by atoms with Crippen LogP contribution in [0.5, 0.6) is 0 Å². The predicted molar refractivity (Wildman–Crippen MR) is 87.3 cm³/mol. The summed E-state index contributed by atoms with van der Waals surface area (Å²) in [7, 11) is 0. The summed E-state index contributed by atoms with van der Waals surface area (Å²) in [6.45, 7) is 5.74. The largest absolute Gasteiger partial charge is 0.330 e. The molecule has 0 spiro atoms. The zero-order valence-electron chi connectivity index (χ0n) is 11.6. The first-order chi connectivity index (χ1) is 9.25. The average molecular weight is 311 g/mol. The van der Waals surface area contributed by atoms with Gasteiger partial charge in [0, 0.05) is 22.7 Å². The van der Waals surface area contributed by atoms with Gasteiger partial charge in [-0.2, -0.15) is 25.3 Å². The Morgan fingerprint density at radius 2 is 2.05 bits per heavy atom. The molecule has 2 aromatic rings. The van der Waals surface area contributed by atoms with Crippen LogP contribution in [-0.2, 0) is 6.54 Å². The third-order valence-corrected chi connectivity index (χ3v) is 4.50. The van der Waals surface area contributed by atoms with Crippen molar-refractivity contribution in [2.24, 2.45) is 0 Å². The second-order valence-electron chi connectivity index (χ2n) is 5.26. The Hall–Kier alpha value is -1.21. The van der Waals surface area contributed by atoms with E-state index in [1.165, 1.54) is 0 Å². The minimum Gasteiger partial charge on any atom is -0.291 e. The smallest absolute Gasteiger partial charge is 0.291 e. The molecule has 0 unspecified atom stereocenters. The second-order valence-corrected chi connectivity index (χ2v) is 6.66. The van der Waals surface area contributed by atoms with Crippen LogP contribution in [0.2, 0.25) is 0 Å². The molecule has 0 saturated heterocycles. The summed E-state index contributed by atoms with van der Waals surface area (Å²) in [5.41, 5.74) is 1.21. The molecule has 20 heavy (non-hydrogen) atoms. The first kappa shape index (κ1) is 15.2. The zero-order valence-corrected chi connectivity index (χ0v) is 13.4. The van der Waals surface area contributed by atoms with Gasteiger partial charge in [0.1, 0.15) is 5.65 Å². The zero-order chi connectivity index (χ0) is 15.1. The first-order valence-electron chi connectivity index (χ1n) is 6.19. The highest BCUT2D eigenvalue weighted by molar-refractivity contribution is 7.85. The van der Waals surface area contributed by atoms with Gasteiger partial charge in [-0.25, -0.2) is 9.78 Å². The van der Waals surface area contributed by atoms with Gasteiger partial charge < -0.3 is 0 Å². The minimum atomic E-state index is -0.541. The van der Waals surface area contributed by atoms with E-state index in [0.29, 0.717) is 16.8 Å². The van der Waals surface area contributed by atoms with Crippen molar-refractivity contribution in [2.75, 3.05) is 5.75 Å². The van der Waals surface area contributed by atoms with Crippen LogP contribution in [-0.4, -0.2) is 25.0 Å². The van der Waals surface area contributed by atoms with Gasteiger partial charge in [-0.3, -0.25) is 14.3 Å². The molecule has 0 saturated carbocycles. The Kier molecular flexibility index (Phi) is 4.02. The molecular weight excluding hydrogens is 294 g/mol. The maximum absolute atomic E-state index is 12.5. The van der Waals surface area contributed by atoms with Crippen LogP contribution in [0, 0.1) is 13.8 Å². The fourth-order valence-electron chi connectivity index (χ4n) is 1.90. The molecule has 2 heterocycles. The van der Waals surface area contributed by atoms with Crippen LogP contribution in [0.25, 0.3) is 11.0 Å². The number of aromatic nitrogens is 3. The Labute approximate surface area is 127 Å². The van der Waals surface area contributed by atoms with Crippen LogP contribution in [0.4, 0.5) is 0 Å². The fourth-order valence-corrected chi connectivity index (χ4v) is 2.15. The molecule has 0 amide bonds. The minimum absolute atomic E-state index is 0.191. The van der Waals surface area contributed by atoms with Crippen molar-refractivity contribution in [3.8, 4) is 0 Å². The summed E-state index contributed by atoms with van der Waals surface area (Å²) in [5, 5.41) is 0.413. The maximum Gasteiger partial charge on any atom is 0.330 e. The van der Waals surface area contributed by atoms with Gasteiger partial charge in [0.25, 0.3) is 5.56 Å². The number of H-pyrrole nitrogens is 1. The fraction of sp³-hybridized carbons (Fsp3) is 0.462. The molecule has 1 N–H and O–H groups in total. The van der Waals surface area contributed by atoms with Gasteiger partial charge in [-0.1, -0.05) is 0 Å². The molecule has 0 radical (unpaired) electrons. The van der Waals surface area contributed by atoms with E-state index in [1.807, 2.05) is 20.8 Å². The molecule has 0 fully saturated rings. The molecule has 1 atom stereocenters. The van der Waals surface area contributed by atoms with Crippen molar-refractivity contribution in [3.05, 3.63) is 38.2 Å². The lowest BCUT2D eigenvalue weighted by Gasteiger charge is -2.21. The summed E-state index contributed by atoms with van der Waals surface area (Å²) in [4.78, 5) is 31.4. The van der Waals surface area contributed by atoms with Crippen molar-refractivity contribution in [1.82, 2.24) is 14.5 Å². The lowest BCUT2D eigenvalue weighted by atomic mass is 10.2. The van der Waals surface area contributed by atoms with Gasteiger partial charge in [0.15, 0.2) is 0 Å². The molecule has 108 valence electrons. The van der Waals surface area contributed by atoms with Crippen LogP contribution in [0.15, 0.2) is 15.7 Å². The van der Waals surface area contributed by atoms with Crippen molar-refractivity contribution in [3.63, 3.8) is 0 Å². The summed E-state index contributed by atoms with van der Waals surface area (Å²) in [6, 6.07) is 1.75. The Morgan fingerprint density at radius 1 is 1.40 bits per heavy atom. The summed E-state index contributed by atoms with van der Waals surface area (Å²) < 4.78 is 0.614. The first-order valence-corrected chi connectivity index (χ1v) is 7.27. The molecule has 7 heteroatoms. The van der Waals surface area contributed by atoms with E-state index in [2.05, 4.69) is 35.2 Å². The van der Waals surface area contributed by atoms with Crippen molar-refractivity contribution in [1.29, 1.82) is 0 Å². The highest BCUT2D eigenvalue weighted by atomic mass is 32.1. The average Bonchev–Trinajstić information content (AvgIpc) is 2.37. The van der Waals surface area contributed by atoms with Crippen molar-refractivity contribution >= 4 is 36.3 Å². The molecule has 0 aromatic carbocycles. The number of nitrogens with one attached hydrogen (secondary N) is 1. The van der Waals surface area contributed by atoms with E-state index in [4.69, 9.17) is 0 Å². The number of aromatic amines is 1. The normalized spacial score (nSPS) is 14.4. The van der Waals surface area contributed by atoms with Gasteiger partial charge in [-0.15, -0.1) is 0 Å². The summed E-state index contributed by atoms with van der Waals surface area (Å²) in [6.07, 6.45) is 0. The van der Waals surface area contributed by atoms with Crippen LogP contribution < -0.4 is 11.2 Å². The predicted octanol–water partition coefficient (Wildman–Crippen LogP) is 1.32. The van der Waals surface area contributed by atoms with Gasteiger partial charge in [0.05, 0.1) is 5.39 Å². The van der Waals surface area contributed by atoms with Crippen LogP contribution in [0.1, 0.15) is 18.2 Å². The Bertz CT molecular complexity index is 778. The Morgan fingerprint density at radius 3 is 2.65 bits per heavy atom. The van der Waals surface area contributed by atoms with E-state index in [-0.39, 0.29) is 12.1 Å². The van der Waals surface area contributed by atoms with E-state index >= 15 is 0 Å². The number of aryl methyl sites for hydroxylation is 2.